The van der Waals surface area contributed by atoms with Crippen LogP contribution in [0.25, 0.3) is 0 Å². The molecule has 10 nitrogen and oxygen atoms in total. The number of aliphatic hydroxyl groups is 1. The minimum absolute atomic E-state index is 0.102. The third-order valence-electron chi connectivity index (χ3n) is 6.92. The van der Waals surface area contributed by atoms with Crippen molar-refractivity contribution in [3.05, 3.63) is 108 Å². The number of carbonyl (C=O) groups excluding carboxylic acids is 1. The van der Waals surface area contributed by atoms with Crippen LogP contribution in [0.1, 0.15) is 32.7 Å². The summed E-state index contributed by atoms with van der Waals surface area (Å²) in [5.74, 6) is 1.00. The van der Waals surface area contributed by atoms with E-state index in [9.17, 15) is 9.90 Å². The van der Waals surface area contributed by atoms with Crippen LogP contribution in [0.15, 0.2) is 79.6 Å². The molecule has 0 saturated heterocycles. The Hall–Kier alpha value is -4.41. The summed E-state index contributed by atoms with van der Waals surface area (Å²) in [4.78, 5) is 32.8. The molecule has 0 unspecified atom stereocenters. The Morgan fingerprint density at radius 1 is 0.950 bits per heavy atom. The van der Waals surface area contributed by atoms with Gasteiger partial charge in [-0.3, -0.25) is 9.69 Å². The summed E-state index contributed by atoms with van der Waals surface area (Å²) in [6.07, 6.45) is 7.23. The number of aromatic nitrogens is 4. The number of nitrogens with zero attached hydrogens (tertiary/aromatic N) is 6. The molecule has 4 aromatic rings. The van der Waals surface area contributed by atoms with E-state index in [-0.39, 0.29) is 12.5 Å². The van der Waals surface area contributed by atoms with E-state index in [2.05, 4.69) is 49.1 Å². The minimum Gasteiger partial charge on any atom is -0.491 e. The molecule has 6 rings (SSSR count). The van der Waals surface area contributed by atoms with Crippen LogP contribution in [-0.4, -0.2) is 79.6 Å². The van der Waals surface area contributed by atoms with Gasteiger partial charge in [-0.25, -0.2) is 19.9 Å². The molecule has 40 heavy (non-hydrogen) atoms. The lowest BCUT2D eigenvalue weighted by molar-refractivity contribution is 0.0501. The summed E-state index contributed by atoms with van der Waals surface area (Å²) < 4.78 is 5.84. The number of β-amino-alcohol motifs (C(OH)–C–C–N with tert-alkyl or cyclic N) is 1. The zero-order valence-corrected chi connectivity index (χ0v) is 22.3. The van der Waals surface area contributed by atoms with Gasteiger partial charge in [-0.1, -0.05) is 30.3 Å². The number of rotatable bonds is 6. The van der Waals surface area contributed by atoms with Crippen molar-refractivity contribution >= 4 is 11.7 Å². The van der Waals surface area contributed by atoms with Crippen molar-refractivity contribution in [2.45, 2.75) is 25.5 Å². The Labute approximate surface area is 233 Å². The Kier molecular flexibility index (Phi) is 8.89. The molecule has 2 aromatic carbocycles. The topological polar surface area (TPSA) is 131 Å². The highest BCUT2D eigenvalue weighted by Gasteiger charge is 2.27. The van der Waals surface area contributed by atoms with E-state index in [1.165, 1.54) is 23.8 Å². The van der Waals surface area contributed by atoms with Crippen LogP contribution in [0.3, 0.4) is 0 Å². The van der Waals surface area contributed by atoms with E-state index >= 15 is 0 Å². The summed E-state index contributed by atoms with van der Waals surface area (Å²) in [5, 5.41) is 10.8. The quantitative estimate of drug-likeness (QED) is 0.379. The first kappa shape index (κ1) is 27.2. The second kappa shape index (κ2) is 13.1. The van der Waals surface area contributed by atoms with E-state index in [0.29, 0.717) is 43.2 Å². The van der Waals surface area contributed by atoms with E-state index in [1.807, 2.05) is 24.3 Å². The van der Waals surface area contributed by atoms with Crippen molar-refractivity contribution in [2.75, 3.05) is 38.5 Å². The highest BCUT2D eigenvalue weighted by atomic mass is 16.5. The molecular formula is C30H33N7O3. The molecule has 0 bridgehead atoms. The molecule has 3 N–H and O–H groups in total. The number of aliphatic hydroxyl groups excluding tert-OH is 1. The highest BCUT2D eigenvalue weighted by Crippen LogP contribution is 2.26. The molecule has 0 spiro atoms. The average molecular weight is 540 g/mol. The second-order valence-electron chi connectivity index (χ2n) is 9.85. The number of hydrogen-bond donors (Lipinski definition) is 2. The fourth-order valence-electron chi connectivity index (χ4n) is 4.94. The maximum atomic E-state index is 13.3. The van der Waals surface area contributed by atoms with Crippen LogP contribution in [0.5, 0.6) is 5.75 Å². The number of fused-ring (bicyclic) bond motifs is 2. The van der Waals surface area contributed by atoms with Gasteiger partial charge in [-0.2, -0.15) is 0 Å². The zero-order valence-electron chi connectivity index (χ0n) is 22.3. The van der Waals surface area contributed by atoms with Gasteiger partial charge in [-0.15, -0.1) is 0 Å². The van der Waals surface area contributed by atoms with Gasteiger partial charge in [0, 0.05) is 50.7 Å². The van der Waals surface area contributed by atoms with E-state index in [0.717, 1.165) is 30.8 Å². The van der Waals surface area contributed by atoms with Gasteiger partial charge >= 0.3 is 0 Å². The Morgan fingerprint density at radius 3 is 2.48 bits per heavy atom. The predicted octanol–water partition coefficient (Wildman–Crippen LogP) is 2.38. The molecule has 1 amide bonds. The van der Waals surface area contributed by atoms with Crippen LogP contribution >= 0.6 is 0 Å². The summed E-state index contributed by atoms with van der Waals surface area (Å²) in [7, 11) is 0. The van der Waals surface area contributed by atoms with Crippen LogP contribution < -0.4 is 10.5 Å². The molecule has 4 heterocycles. The van der Waals surface area contributed by atoms with Crippen molar-refractivity contribution in [3.8, 4) is 5.75 Å². The first-order valence-electron chi connectivity index (χ1n) is 13.3. The monoisotopic (exact) mass is 539 g/mol. The summed E-state index contributed by atoms with van der Waals surface area (Å²) >= 11 is 0. The van der Waals surface area contributed by atoms with Crippen LogP contribution in [-0.2, 0) is 19.4 Å². The van der Waals surface area contributed by atoms with Gasteiger partial charge in [0.25, 0.3) is 5.91 Å². The fraction of sp³-hybridized carbons (Fsp3) is 0.300. The summed E-state index contributed by atoms with van der Waals surface area (Å²) in [6, 6.07) is 17.7. The lowest BCUT2D eigenvalue weighted by atomic mass is 10.00. The molecular weight excluding hydrogens is 506 g/mol. The standard InChI is InChI=1S/C26H28N4O3.C4H5N3/c31-23(16-29-10-8-20-3-1-2-4-21(20)15-29)17-30-11-12-33-25-6-5-19(14-24(25)26(30)32)13-22-7-9-27-18-28-22;5-4-1-2-6-3-7-4/h1-7,9,14,18,23,31H,8,10-13,15-17H2;1-3H,(H2,5,6,7)/t23-;/m1./s1. The number of benzene rings is 2. The predicted molar refractivity (Wildman–Crippen MR) is 151 cm³/mol. The molecule has 1 atom stereocenters. The molecule has 0 aliphatic carbocycles. The highest BCUT2D eigenvalue weighted by molar-refractivity contribution is 5.97. The third-order valence-corrected chi connectivity index (χ3v) is 6.92. The SMILES string of the molecule is Nc1ccncn1.O=C1c2cc(Cc3ccncn3)ccc2OCCN1C[C@H](O)CN1CCc2ccccc2C1. The maximum Gasteiger partial charge on any atom is 0.257 e. The molecule has 2 aliphatic heterocycles. The second-order valence-corrected chi connectivity index (χ2v) is 9.85. The van der Waals surface area contributed by atoms with Crippen molar-refractivity contribution in [1.82, 2.24) is 29.7 Å². The van der Waals surface area contributed by atoms with Crippen molar-refractivity contribution in [2.24, 2.45) is 0 Å². The Bertz CT molecular complexity index is 1410. The van der Waals surface area contributed by atoms with Gasteiger partial charge in [0.1, 0.15) is 30.8 Å². The fourth-order valence-corrected chi connectivity index (χ4v) is 4.94. The van der Waals surface area contributed by atoms with Gasteiger partial charge in [0.05, 0.1) is 18.2 Å². The molecule has 0 radical (unpaired) electrons. The number of hydrogen-bond acceptors (Lipinski definition) is 9. The molecule has 0 fully saturated rings. The smallest absolute Gasteiger partial charge is 0.257 e. The van der Waals surface area contributed by atoms with Gasteiger partial charge in [-0.05, 0) is 47.4 Å². The Morgan fingerprint density at radius 2 is 1.75 bits per heavy atom. The van der Waals surface area contributed by atoms with Crippen molar-refractivity contribution in [1.29, 1.82) is 0 Å². The van der Waals surface area contributed by atoms with Crippen molar-refractivity contribution in [3.63, 3.8) is 0 Å². The summed E-state index contributed by atoms with van der Waals surface area (Å²) in [6.45, 7) is 3.44. The third kappa shape index (κ3) is 7.16. The number of amides is 1. The first-order valence-corrected chi connectivity index (χ1v) is 13.3. The van der Waals surface area contributed by atoms with E-state index in [1.54, 1.807) is 23.4 Å². The number of carbonyl (C=O) groups is 1. The van der Waals surface area contributed by atoms with Crippen LogP contribution in [0, 0.1) is 0 Å². The normalized spacial score (nSPS) is 15.5. The Balaban J connectivity index is 0.000000403. The molecule has 10 heteroatoms. The van der Waals surface area contributed by atoms with Crippen LogP contribution in [0.2, 0.25) is 0 Å². The number of nitrogen functional groups attached to an aromatic ring is 1. The minimum atomic E-state index is -0.620. The van der Waals surface area contributed by atoms with Gasteiger partial charge < -0.3 is 20.5 Å². The average Bonchev–Trinajstić information content (AvgIpc) is 3.12. The van der Waals surface area contributed by atoms with E-state index < -0.39 is 6.10 Å². The molecule has 206 valence electrons. The number of anilines is 1. The molecule has 2 aromatic heterocycles. The van der Waals surface area contributed by atoms with E-state index in [4.69, 9.17) is 10.5 Å². The first-order chi connectivity index (χ1) is 19.5. The van der Waals surface area contributed by atoms with Crippen LogP contribution in [0.4, 0.5) is 5.82 Å². The number of ether oxygens (including phenoxy) is 1. The number of nitrogens with two attached hydrogens (primary N) is 1. The maximum absolute atomic E-state index is 13.3. The summed E-state index contributed by atoms with van der Waals surface area (Å²) in [5.41, 5.74) is 10.3. The lowest BCUT2D eigenvalue weighted by Crippen LogP contribution is -2.44. The largest absolute Gasteiger partial charge is 0.491 e. The van der Waals surface area contributed by atoms with Crippen molar-refractivity contribution < 1.29 is 14.6 Å². The molecule has 0 saturated carbocycles. The lowest BCUT2D eigenvalue weighted by Gasteiger charge is -2.32. The zero-order chi connectivity index (χ0) is 27.7. The molecule has 2 aliphatic rings. The van der Waals surface area contributed by atoms with Gasteiger partial charge in [0.15, 0.2) is 0 Å². The van der Waals surface area contributed by atoms with Gasteiger partial charge in [0.2, 0.25) is 0 Å².